The quantitative estimate of drug-likeness (QED) is 0.783. The van der Waals surface area contributed by atoms with Crippen molar-refractivity contribution in [2.45, 2.75) is 19.4 Å². The summed E-state index contributed by atoms with van der Waals surface area (Å²) in [5.41, 5.74) is 1.88. The standard InChI is InChI=1S/C12H16N4O3S/c13-20(18,19)8-2-4-12(17)14-9-10-3-1-7-16-11(10)5-6-15-16/h1,3,5-7H,2,4,8-9H2,(H,14,17)(H2,13,18,19). The highest BCUT2D eigenvalue weighted by Gasteiger charge is 2.07. The van der Waals surface area contributed by atoms with Gasteiger partial charge in [-0.3, -0.25) is 4.79 Å². The van der Waals surface area contributed by atoms with Crippen LogP contribution < -0.4 is 10.5 Å². The Kier molecular flexibility index (Phi) is 4.35. The van der Waals surface area contributed by atoms with Gasteiger partial charge in [-0.15, -0.1) is 0 Å². The van der Waals surface area contributed by atoms with E-state index in [0.717, 1.165) is 11.1 Å². The molecule has 0 aliphatic rings. The van der Waals surface area contributed by atoms with E-state index in [2.05, 4.69) is 10.4 Å². The lowest BCUT2D eigenvalue weighted by Crippen LogP contribution is -2.24. The Hall–Kier alpha value is -1.93. The van der Waals surface area contributed by atoms with Gasteiger partial charge in [0.1, 0.15) is 0 Å². The van der Waals surface area contributed by atoms with Gasteiger partial charge in [0.25, 0.3) is 0 Å². The van der Waals surface area contributed by atoms with Crippen molar-refractivity contribution in [1.29, 1.82) is 0 Å². The molecule has 0 bridgehead atoms. The summed E-state index contributed by atoms with van der Waals surface area (Å²) in [7, 11) is -3.50. The van der Waals surface area contributed by atoms with Gasteiger partial charge >= 0.3 is 0 Å². The molecule has 20 heavy (non-hydrogen) atoms. The van der Waals surface area contributed by atoms with E-state index in [0.29, 0.717) is 6.54 Å². The number of fused-ring (bicyclic) bond motifs is 1. The molecule has 2 heterocycles. The first-order chi connectivity index (χ1) is 9.46. The van der Waals surface area contributed by atoms with Gasteiger partial charge in [-0.05, 0) is 24.1 Å². The number of hydrogen-bond donors (Lipinski definition) is 2. The van der Waals surface area contributed by atoms with E-state index >= 15 is 0 Å². The minimum Gasteiger partial charge on any atom is -0.352 e. The molecule has 1 amide bonds. The predicted molar refractivity (Wildman–Crippen MR) is 74.2 cm³/mol. The molecule has 0 aliphatic carbocycles. The molecular weight excluding hydrogens is 280 g/mol. The average Bonchev–Trinajstić information content (AvgIpc) is 2.83. The number of carbonyl (C=O) groups excluding carboxylic acids is 1. The van der Waals surface area contributed by atoms with E-state index in [9.17, 15) is 13.2 Å². The molecule has 7 nitrogen and oxygen atoms in total. The molecular formula is C12H16N4O3S. The SMILES string of the molecule is NS(=O)(=O)CCCC(=O)NCc1cccn2nccc12. The minimum atomic E-state index is -3.50. The maximum atomic E-state index is 11.6. The van der Waals surface area contributed by atoms with Crippen LogP contribution in [0.3, 0.4) is 0 Å². The number of nitrogens with zero attached hydrogens (tertiary/aromatic N) is 2. The number of pyridine rings is 1. The van der Waals surface area contributed by atoms with Crippen molar-refractivity contribution in [3.05, 3.63) is 36.2 Å². The Morgan fingerprint density at radius 3 is 2.95 bits per heavy atom. The Bertz CT molecular complexity index is 708. The lowest BCUT2D eigenvalue weighted by Gasteiger charge is -2.06. The van der Waals surface area contributed by atoms with Crippen LogP contribution in [-0.2, 0) is 21.4 Å². The molecule has 8 heteroatoms. The highest BCUT2D eigenvalue weighted by molar-refractivity contribution is 7.89. The molecule has 0 saturated carbocycles. The number of aromatic nitrogens is 2. The average molecular weight is 296 g/mol. The molecule has 0 unspecified atom stereocenters. The third kappa shape index (κ3) is 4.04. The summed E-state index contributed by atoms with van der Waals surface area (Å²) in [6.07, 6.45) is 3.87. The van der Waals surface area contributed by atoms with Gasteiger partial charge in [0, 0.05) is 25.4 Å². The fraction of sp³-hybridized carbons (Fsp3) is 0.333. The van der Waals surface area contributed by atoms with Crippen LogP contribution in [0.15, 0.2) is 30.6 Å². The van der Waals surface area contributed by atoms with Gasteiger partial charge < -0.3 is 5.32 Å². The van der Waals surface area contributed by atoms with Crippen LogP contribution in [0.25, 0.3) is 5.52 Å². The van der Waals surface area contributed by atoms with Crippen LogP contribution >= 0.6 is 0 Å². The molecule has 2 rings (SSSR count). The number of carbonyl (C=O) groups is 1. The molecule has 108 valence electrons. The fourth-order valence-corrected chi connectivity index (χ4v) is 2.43. The second kappa shape index (κ2) is 6.02. The van der Waals surface area contributed by atoms with Gasteiger partial charge in [-0.25, -0.2) is 18.1 Å². The van der Waals surface area contributed by atoms with Crippen molar-refractivity contribution < 1.29 is 13.2 Å². The summed E-state index contributed by atoms with van der Waals surface area (Å²) in [6.45, 7) is 0.379. The topological polar surface area (TPSA) is 107 Å². The van der Waals surface area contributed by atoms with Crippen LogP contribution in [0.4, 0.5) is 0 Å². The molecule has 0 aromatic carbocycles. The van der Waals surface area contributed by atoms with E-state index in [1.54, 1.807) is 10.7 Å². The molecule has 0 atom stereocenters. The van der Waals surface area contributed by atoms with Crippen molar-refractivity contribution in [2.75, 3.05) is 5.75 Å². The Morgan fingerprint density at radius 2 is 2.20 bits per heavy atom. The van der Waals surface area contributed by atoms with E-state index in [-0.39, 0.29) is 24.5 Å². The summed E-state index contributed by atoms with van der Waals surface area (Å²) in [5, 5.41) is 11.7. The maximum Gasteiger partial charge on any atom is 0.220 e. The second-order valence-electron chi connectivity index (χ2n) is 4.44. The Morgan fingerprint density at radius 1 is 1.40 bits per heavy atom. The van der Waals surface area contributed by atoms with Crippen LogP contribution in [0.5, 0.6) is 0 Å². The Labute approximate surface area is 116 Å². The molecule has 0 spiro atoms. The molecule has 0 saturated heterocycles. The first kappa shape index (κ1) is 14.5. The van der Waals surface area contributed by atoms with Crippen molar-refractivity contribution in [2.24, 2.45) is 5.14 Å². The van der Waals surface area contributed by atoms with E-state index in [4.69, 9.17) is 5.14 Å². The van der Waals surface area contributed by atoms with E-state index < -0.39 is 10.0 Å². The number of primary sulfonamides is 1. The second-order valence-corrected chi connectivity index (χ2v) is 6.18. The van der Waals surface area contributed by atoms with Gasteiger partial charge in [-0.2, -0.15) is 5.10 Å². The predicted octanol–water partition coefficient (Wildman–Crippen LogP) is 0.0192. The largest absolute Gasteiger partial charge is 0.352 e. The monoisotopic (exact) mass is 296 g/mol. The lowest BCUT2D eigenvalue weighted by atomic mass is 10.2. The number of amides is 1. The molecule has 3 N–H and O–H groups in total. The number of rotatable bonds is 6. The van der Waals surface area contributed by atoms with Crippen molar-refractivity contribution >= 4 is 21.4 Å². The fourth-order valence-electron chi connectivity index (χ4n) is 1.88. The van der Waals surface area contributed by atoms with Gasteiger partial charge in [-0.1, -0.05) is 6.07 Å². The third-order valence-electron chi connectivity index (χ3n) is 2.83. The van der Waals surface area contributed by atoms with Gasteiger partial charge in [0.05, 0.1) is 11.3 Å². The molecule has 2 aromatic rings. The maximum absolute atomic E-state index is 11.6. The van der Waals surface area contributed by atoms with Gasteiger partial charge in [0.15, 0.2) is 0 Å². The smallest absolute Gasteiger partial charge is 0.220 e. The summed E-state index contributed by atoms with van der Waals surface area (Å²) in [6, 6.07) is 5.62. The zero-order chi connectivity index (χ0) is 14.6. The van der Waals surface area contributed by atoms with Gasteiger partial charge in [0.2, 0.25) is 15.9 Å². The highest BCUT2D eigenvalue weighted by Crippen LogP contribution is 2.09. The molecule has 0 fully saturated rings. The Balaban J connectivity index is 1.86. The van der Waals surface area contributed by atoms with Crippen LogP contribution in [0.2, 0.25) is 0 Å². The van der Waals surface area contributed by atoms with Crippen LogP contribution in [0.1, 0.15) is 18.4 Å². The first-order valence-corrected chi connectivity index (χ1v) is 7.86. The van der Waals surface area contributed by atoms with Crippen molar-refractivity contribution in [3.8, 4) is 0 Å². The summed E-state index contributed by atoms with van der Waals surface area (Å²) in [4.78, 5) is 11.6. The van der Waals surface area contributed by atoms with E-state index in [1.807, 2.05) is 24.4 Å². The number of hydrogen-bond acceptors (Lipinski definition) is 4. The first-order valence-electron chi connectivity index (χ1n) is 6.14. The zero-order valence-corrected chi connectivity index (χ0v) is 11.6. The normalized spacial score (nSPS) is 11.7. The summed E-state index contributed by atoms with van der Waals surface area (Å²) < 4.78 is 23.2. The number of nitrogens with one attached hydrogen (secondary N) is 1. The molecule has 0 aliphatic heterocycles. The summed E-state index contributed by atoms with van der Waals surface area (Å²) in [5.74, 6) is -0.381. The van der Waals surface area contributed by atoms with Crippen LogP contribution in [0, 0.1) is 0 Å². The van der Waals surface area contributed by atoms with E-state index in [1.165, 1.54) is 0 Å². The highest BCUT2D eigenvalue weighted by atomic mass is 32.2. The molecule has 0 radical (unpaired) electrons. The number of sulfonamides is 1. The lowest BCUT2D eigenvalue weighted by molar-refractivity contribution is -0.121. The van der Waals surface area contributed by atoms with Crippen molar-refractivity contribution in [1.82, 2.24) is 14.9 Å². The molecule has 2 aromatic heterocycles. The van der Waals surface area contributed by atoms with Crippen molar-refractivity contribution in [3.63, 3.8) is 0 Å². The number of nitrogens with two attached hydrogens (primary N) is 1. The zero-order valence-electron chi connectivity index (χ0n) is 10.8. The summed E-state index contributed by atoms with van der Waals surface area (Å²) >= 11 is 0. The van der Waals surface area contributed by atoms with Crippen LogP contribution in [-0.4, -0.2) is 29.7 Å². The third-order valence-corrected chi connectivity index (χ3v) is 3.69. The minimum absolute atomic E-state index is 0.138.